The van der Waals surface area contributed by atoms with E-state index >= 15 is 0 Å². The summed E-state index contributed by atoms with van der Waals surface area (Å²) in [5.74, 6) is -0.196. The number of benzene rings is 2. The van der Waals surface area contributed by atoms with Crippen LogP contribution < -0.4 is 16.4 Å². The molecule has 2 aromatic heterocycles. The number of carbonyl (C=O) groups is 1. The Hall–Kier alpha value is -3.95. The molecule has 0 bridgehead atoms. The Morgan fingerprint density at radius 1 is 1.00 bits per heavy atom. The van der Waals surface area contributed by atoms with E-state index in [0.717, 1.165) is 44.0 Å². The third-order valence-corrected chi connectivity index (χ3v) is 6.59. The van der Waals surface area contributed by atoms with Gasteiger partial charge in [0, 0.05) is 44.0 Å². The minimum atomic E-state index is -0.252. The first kappa shape index (κ1) is 23.8. The summed E-state index contributed by atoms with van der Waals surface area (Å²) in [5, 5.41) is 6.25. The van der Waals surface area contributed by atoms with Crippen LogP contribution in [0.2, 0.25) is 0 Å². The maximum Gasteiger partial charge on any atom is 0.280 e. The summed E-state index contributed by atoms with van der Waals surface area (Å²) >= 11 is 0. The van der Waals surface area contributed by atoms with Crippen LogP contribution in [0.15, 0.2) is 64.2 Å². The van der Waals surface area contributed by atoms with Gasteiger partial charge in [-0.2, -0.15) is 0 Å². The highest BCUT2D eigenvalue weighted by atomic mass is 16.5. The van der Waals surface area contributed by atoms with Crippen molar-refractivity contribution in [3.05, 3.63) is 92.1 Å². The topological polar surface area (TPSA) is 101 Å². The maximum absolute atomic E-state index is 13.4. The number of hydrogen-bond donors (Lipinski definition) is 2. The van der Waals surface area contributed by atoms with E-state index in [9.17, 15) is 14.4 Å². The lowest BCUT2D eigenvalue weighted by molar-refractivity contribution is -0.114. The fourth-order valence-corrected chi connectivity index (χ4v) is 4.75. The highest BCUT2D eigenvalue weighted by molar-refractivity contribution is 5.89. The van der Waals surface area contributed by atoms with E-state index in [0.29, 0.717) is 34.5 Å². The van der Waals surface area contributed by atoms with Crippen molar-refractivity contribution in [3.8, 4) is 5.69 Å². The number of fused-ring (bicyclic) bond motifs is 1. The molecule has 0 spiro atoms. The number of hydrogen-bond acceptors (Lipinski definition) is 5. The average Bonchev–Trinajstić information content (AvgIpc) is 3.19. The number of amides is 1. The third kappa shape index (κ3) is 4.75. The number of nitrogens with one attached hydrogen (secondary N) is 2. The standard InChI is InChI=1S/C27H29N5O4/c1-18-26-24(29-32(27(26)35)23-9-5-8-22(14-23)28-19(2)33)15-25(34)31(18)17-21-7-4-3-6-20(21)16-30-10-12-36-13-11-30/h3-9,14-15,29H,10-13,16-17H2,1-2H3,(H,28,33). The molecule has 1 aliphatic heterocycles. The zero-order chi connectivity index (χ0) is 25.2. The summed E-state index contributed by atoms with van der Waals surface area (Å²) in [6.07, 6.45) is 0. The van der Waals surface area contributed by atoms with Crippen LogP contribution in [0.1, 0.15) is 23.7 Å². The Bertz CT molecular complexity index is 1540. The van der Waals surface area contributed by atoms with Crippen molar-refractivity contribution < 1.29 is 9.53 Å². The van der Waals surface area contributed by atoms with Gasteiger partial charge in [0.2, 0.25) is 5.91 Å². The van der Waals surface area contributed by atoms with Crippen LogP contribution in [0.25, 0.3) is 16.6 Å². The lowest BCUT2D eigenvalue weighted by atomic mass is 10.1. The molecule has 9 heteroatoms. The number of aryl methyl sites for hydroxylation is 1. The average molecular weight is 488 g/mol. The van der Waals surface area contributed by atoms with Gasteiger partial charge in [0.15, 0.2) is 0 Å². The van der Waals surface area contributed by atoms with E-state index < -0.39 is 0 Å². The molecule has 4 aromatic rings. The van der Waals surface area contributed by atoms with Crippen LogP contribution in [-0.2, 0) is 22.6 Å². The molecular formula is C27H29N5O4. The molecule has 0 atom stereocenters. The van der Waals surface area contributed by atoms with Gasteiger partial charge in [0.1, 0.15) is 0 Å². The Morgan fingerprint density at radius 2 is 1.72 bits per heavy atom. The monoisotopic (exact) mass is 487 g/mol. The number of morpholine rings is 1. The molecule has 1 fully saturated rings. The van der Waals surface area contributed by atoms with Gasteiger partial charge in [-0.1, -0.05) is 30.3 Å². The third-order valence-electron chi connectivity index (χ3n) is 6.59. The lowest BCUT2D eigenvalue weighted by Gasteiger charge is -2.27. The Labute approximate surface area is 207 Å². The molecule has 0 unspecified atom stereocenters. The van der Waals surface area contributed by atoms with Gasteiger partial charge in [-0.15, -0.1) is 0 Å². The first-order chi connectivity index (χ1) is 17.4. The largest absolute Gasteiger partial charge is 0.379 e. The first-order valence-corrected chi connectivity index (χ1v) is 12.0. The van der Waals surface area contributed by atoms with Gasteiger partial charge in [0.25, 0.3) is 11.1 Å². The highest BCUT2D eigenvalue weighted by Crippen LogP contribution is 2.19. The van der Waals surface area contributed by atoms with Gasteiger partial charge in [-0.3, -0.25) is 24.4 Å². The number of carbonyl (C=O) groups excluding carboxylic acids is 1. The quantitative estimate of drug-likeness (QED) is 0.436. The lowest BCUT2D eigenvalue weighted by Crippen LogP contribution is -2.36. The highest BCUT2D eigenvalue weighted by Gasteiger charge is 2.18. The number of H-pyrrole nitrogens is 1. The van der Waals surface area contributed by atoms with E-state index in [1.807, 2.05) is 25.1 Å². The molecule has 1 amide bonds. The summed E-state index contributed by atoms with van der Waals surface area (Å²) < 4.78 is 8.53. The van der Waals surface area contributed by atoms with Crippen LogP contribution in [0.4, 0.5) is 5.69 Å². The van der Waals surface area contributed by atoms with Crippen molar-refractivity contribution >= 4 is 22.5 Å². The minimum Gasteiger partial charge on any atom is -0.379 e. The van der Waals surface area contributed by atoms with Gasteiger partial charge in [0.05, 0.1) is 36.3 Å². The summed E-state index contributed by atoms with van der Waals surface area (Å²) in [6, 6.07) is 16.6. The summed E-state index contributed by atoms with van der Waals surface area (Å²) in [6.45, 7) is 7.62. The fourth-order valence-electron chi connectivity index (χ4n) is 4.75. The van der Waals surface area contributed by atoms with Crippen molar-refractivity contribution in [2.75, 3.05) is 31.6 Å². The van der Waals surface area contributed by atoms with Crippen LogP contribution in [0.5, 0.6) is 0 Å². The molecule has 5 rings (SSSR count). The molecular weight excluding hydrogens is 458 g/mol. The summed E-state index contributed by atoms with van der Waals surface area (Å²) in [4.78, 5) is 40.4. The smallest absolute Gasteiger partial charge is 0.280 e. The molecule has 0 radical (unpaired) electrons. The van der Waals surface area contributed by atoms with E-state index in [2.05, 4.69) is 21.4 Å². The zero-order valence-corrected chi connectivity index (χ0v) is 20.4. The predicted molar refractivity (Wildman–Crippen MR) is 139 cm³/mol. The van der Waals surface area contributed by atoms with E-state index in [4.69, 9.17) is 4.74 Å². The Kier molecular flexibility index (Phi) is 6.58. The van der Waals surface area contributed by atoms with Gasteiger partial charge < -0.3 is 14.6 Å². The van der Waals surface area contributed by atoms with Crippen molar-refractivity contribution in [1.82, 2.24) is 19.2 Å². The SMILES string of the molecule is CC(=O)Nc1cccc(-n2[nH]c3cc(=O)n(Cc4ccccc4CN4CCOCC4)c(C)c3c2=O)c1. The maximum atomic E-state index is 13.4. The molecule has 186 valence electrons. The molecule has 1 aliphatic rings. The number of aromatic nitrogens is 3. The van der Waals surface area contributed by atoms with E-state index in [1.165, 1.54) is 17.7 Å². The summed E-state index contributed by atoms with van der Waals surface area (Å²) in [7, 11) is 0. The van der Waals surface area contributed by atoms with Gasteiger partial charge in [-0.05, 0) is 36.2 Å². The van der Waals surface area contributed by atoms with Gasteiger partial charge in [-0.25, -0.2) is 4.68 Å². The molecule has 2 aromatic carbocycles. The van der Waals surface area contributed by atoms with Crippen LogP contribution in [0, 0.1) is 6.92 Å². The minimum absolute atomic E-state index is 0.179. The summed E-state index contributed by atoms with van der Waals surface area (Å²) in [5.41, 5.74) is 4.01. The molecule has 1 saturated heterocycles. The van der Waals surface area contributed by atoms with Crippen LogP contribution in [0.3, 0.4) is 0 Å². The number of pyridine rings is 1. The van der Waals surface area contributed by atoms with Crippen molar-refractivity contribution in [3.63, 3.8) is 0 Å². The number of aromatic amines is 1. The van der Waals surface area contributed by atoms with Crippen molar-refractivity contribution in [2.24, 2.45) is 0 Å². The zero-order valence-electron chi connectivity index (χ0n) is 20.4. The Morgan fingerprint density at radius 3 is 2.44 bits per heavy atom. The molecule has 3 heterocycles. The molecule has 0 aliphatic carbocycles. The normalized spacial score (nSPS) is 14.3. The Balaban J connectivity index is 1.52. The molecule has 9 nitrogen and oxygen atoms in total. The fraction of sp³-hybridized carbons (Fsp3) is 0.296. The first-order valence-electron chi connectivity index (χ1n) is 12.0. The number of rotatable bonds is 6. The van der Waals surface area contributed by atoms with Crippen LogP contribution >= 0.6 is 0 Å². The van der Waals surface area contributed by atoms with Gasteiger partial charge >= 0.3 is 0 Å². The second-order valence-electron chi connectivity index (χ2n) is 9.08. The number of ether oxygens (including phenoxy) is 1. The predicted octanol–water partition coefficient (Wildman–Crippen LogP) is 2.63. The molecule has 0 saturated carbocycles. The van der Waals surface area contributed by atoms with E-state index in [1.54, 1.807) is 28.8 Å². The molecule has 36 heavy (non-hydrogen) atoms. The van der Waals surface area contributed by atoms with Crippen molar-refractivity contribution in [2.45, 2.75) is 26.9 Å². The number of anilines is 1. The second-order valence-corrected chi connectivity index (χ2v) is 9.08. The second kappa shape index (κ2) is 9.96. The van der Waals surface area contributed by atoms with Crippen LogP contribution in [-0.4, -0.2) is 51.5 Å². The van der Waals surface area contributed by atoms with E-state index in [-0.39, 0.29) is 17.0 Å². The number of nitrogens with zero attached hydrogens (tertiary/aromatic N) is 3. The van der Waals surface area contributed by atoms with Crippen molar-refractivity contribution in [1.29, 1.82) is 0 Å². The molecule has 2 N–H and O–H groups in total.